The van der Waals surface area contributed by atoms with Crippen LogP contribution in [0.25, 0.3) is 0 Å². The van der Waals surface area contributed by atoms with Gasteiger partial charge in [-0.25, -0.2) is 4.99 Å². The first-order valence-corrected chi connectivity index (χ1v) is 8.58. The number of rotatable bonds is 9. The molecule has 24 heavy (non-hydrogen) atoms. The Morgan fingerprint density at radius 3 is 2.54 bits per heavy atom. The monoisotopic (exact) mass is 446 g/mol. The number of hydrogen-bond donors (Lipinski definition) is 2. The van der Waals surface area contributed by atoms with Crippen LogP contribution >= 0.6 is 24.0 Å². The second kappa shape index (κ2) is 11.5. The first-order chi connectivity index (χ1) is 11.2. The van der Waals surface area contributed by atoms with Gasteiger partial charge in [0.05, 0.1) is 13.2 Å². The molecule has 0 unspecified atom stereocenters. The van der Waals surface area contributed by atoms with Crippen LogP contribution in [0.2, 0.25) is 0 Å². The average molecular weight is 446 g/mol. The lowest BCUT2D eigenvalue weighted by atomic mass is 10.2. The van der Waals surface area contributed by atoms with Crippen molar-refractivity contribution >= 4 is 29.9 Å². The van der Waals surface area contributed by atoms with Crippen LogP contribution in [-0.2, 0) is 6.54 Å². The van der Waals surface area contributed by atoms with Crippen molar-refractivity contribution in [1.29, 1.82) is 0 Å². The maximum absolute atomic E-state index is 5.75. The van der Waals surface area contributed by atoms with Gasteiger partial charge in [0.1, 0.15) is 5.75 Å². The van der Waals surface area contributed by atoms with Crippen molar-refractivity contribution in [1.82, 2.24) is 15.5 Å². The van der Waals surface area contributed by atoms with Crippen molar-refractivity contribution in [3.63, 3.8) is 0 Å². The maximum Gasteiger partial charge on any atom is 0.191 e. The van der Waals surface area contributed by atoms with Crippen molar-refractivity contribution in [3.8, 4) is 5.75 Å². The number of ether oxygens (including phenoxy) is 1. The molecule has 1 aliphatic rings. The normalized spacial score (nSPS) is 14.2. The highest BCUT2D eigenvalue weighted by atomic mass is 127. The van der Waals surface area contributed by atoms with Crippen molar-refractivity contribution < 1.29 is 4.74 Å². The first-order valence-electron chi connectivity index (χ1n) is 8.58. The summed E-state index contributed by atoms with van der Waals surface area (Å²) in [5.74, 6) is 1.85. The molecule has 0 aromatic heterocycles. The lowest BCUT2D eigenvalue weighted by molar-refractivity contribution is 0.281. The topological polar surface area (TPSA) is 48.9 Å². The third kappa shape index (κ3) is 8.73. The van der Waals surface area contributed by atoms with Gasteiger partial charge in [-0.2, -0.15) is 0 Å². The Hall–Kier alpha value is -1.02. The van der Waals surface area contributed by atoms with Gasteiger partial charge in [-0.05, 0) is 58.0 Å². The molecule has 0 radical (unpaired) electrons. The molecule has 0 amide bonds. The quantitative estimate of drug-likeness (QED) is 0.265. The Labute approximate surface area is 163 Å². The number of hydrogen-bond acceptors (Lipinski definition) is 3. The van der Waals surface area contributed by atoms with Gasteiger partial charge in [0.15, 0.2) is 5.96 Å². The summed E-state index contributed by atoms with van der Waals surface area (Å²) in [5, 5.41) is 6.72. The highest BCUT2D eigenvalue weighted by molar-refractivity contribution is 14.0. The van der Waals surface area contributed by atoms with Crippen LogP contribution in [0.1, 0.15) is 31.7 Å². The largest absolute Gasteiger partial charge is 0.494 e. The molecule has 0 saturated heterocycles. The second-order valence-electron chi connectivity index (χ2n) is 6.26. The highest BCUT2D eigenvalue weighted by Crippen LogP contribution is 2.18. The second-order valence-corrected chi connectivity index (χ2v) is 6.26. The van der Waals surface area contributed by atoms with E-state index in [1.54, 1.807) is 0 Å². The van der Waals surface area contributed by atoms with Gasteiger partial charge < -0.3 is 20.3 Å². The molecule has 2 rings (SSSR count). The molecule has 2 N–H and O–H groups in total. The van der Waals surface area contributed by atoms with Crippen molar-refractivity contribution in [2.24, 2.45) is 4.99 Å². The van der Waals surface area contributed by atoms with E-state index in [2.05, 4.69) is 53.7 Å². The molecule has 1 aliphatic carbocycles. The van der Waals surface area contributed by atoms with Gasteiger partial charge in [-0.1, -0.05) is 12.1 Å². The van der Waals surface area contributed by atoms with E-state index in [-0.39, 0.29) is 24.0 Å². The van der Waals surface area contributed by atoms with E-state index in [0.29, 0.717) is 12.6 Å². The van der Waals surface area contributed by atoms with E-state index in [1.807, 2.05) is 12.1 Å². The smallest absolute Gasteiger partial charge is 0.191 e. The lowest BCUT2D eigenvalue weighted by Crippen LogP contribution is -2.38. The summed E-state index contributed by atoms with van der Waals surface area (Å²) < 4.78 is 5.75. The number of nitrogens with one attached hydrogen (secondary N) is 2. The average Bonchev–Trinajstić information content (AvgIpc) is 3.34. The fourth-order valence-electron chi connectivity index (χ4n) is 2.17. The molecule has 1 saturated carbocycles. The first kappa shape index (κ1) is 21.0. The van der Waals surface area contributed by atoms with Crippen LogP contribution in [0.4, 0.5) is 0 Å². The number of halogens is 1. The van der Waals surface area contributed by atoms with E-state index in [1.165, 1.54) is 18.4 Å². The summed E-state index contributed by atoms with van der Waals surface area (Å²) >= 11 is 0. The molecule has 5 nitrogen and oxygen atoms in total. The number of nitrogens with zero attached hydrogens (tertiary/aromatic N) is 2. The van der Waals surface area contributed by atoms with E-state index < -0.39 is 0 Å². The number of benzene rings is 1. The third-order valence-electron chi connectivity index (χ3n) is 3.62. The predicted molar refractivity (Wildman–Crippen MR) is 111 cm³/mol. The fraction of sp³-hybridized carbons (Fsp3) is 0.611. The molecule has 0 atom stereocenters. The van der Waals surface area contributed by atoms with Gasteiger partial charge in [-0.15, -0.1) is 24.0 Å². The maximum atomic E-state index is 5.75. The molecular weight excluding hydrogens is 415 g/mol. The van der Waals surface area contributed by atoms with Crippen molar-refractivity contribution in [3.05, 3.63) is 29.8 Å². The van der Waals surface area contributed by atoms with Gasteiger partial charge in [0.2, 0.25) is 0 Å². The molecule has 0 spiro atoms. The Bertz CT molecular complexity index is 486. The number of guanidine groups is 1. The standard InChI is InChI=1S/C18H30N4O.HI/c1-4-19-18(21-16-8-9-16)20-14-15-6-10-17(11-7-15)23-13-5-12-22(2)3;/h6-7,10-11,16H,4-5,8-9,12-14H2,1-3H3,(H2,19,20,21);1H. The van der Waals surface area contributed by atoms with Crippen molar-refractivity contribution in [2.75, 3.05) is 33.8 Å². The lowest BCUT2D eigenvalue weighted by Gasteiger charge is -2.11. The summed E-state index contributed by atoms with van der Waals surface area (Å²) in [4.78, 5) is 6.81. The summed E-state index contributed by atoms with van der Waals surface area (Å²) in [6, 6.07) is 8.85. The highest BCUT2D eigenvalue weighted by Gasteiger charge is 2.21. The van der Waals surface area contributed by atoms with E-state index in [9.17, 15) is 0 Å². The van der Waals surface area contributed by atoms with Crippen LogP contribution in [0.3, 0.4) is 0 Å². The molecule has 1 aromatic rings. The minimum Gasteiger partial charge on any atom is -0.494 e. The molecule has 1 aromatic carbocycles. The zero-order valence-electron chi connectivity index (χ0n) is 15.0. The summed E-state index contributed by atoms with van der Waals surface area (Å²) in [7, 11) is 4.16. The van der Waals surface area contributed by atoms with Crippen LogP contribution in [0, 0.1) is 0 Å². The van der Waals surface area contributed by atoms with Gasteiger partial charge in [-0.3, -0.25) is 0 Å². The van der Waals surface area contributed by atoms with E-state index in [0.717, 1.165) is 37.8 Å². The molecule has 6 heteroatoms. The predicted octanol–water partition coefficient (Wildman–Crippen LogP) is 2.85. The zero-order valence-corrected chi connectivity index (χ0v) is 17.4. The minimum atomic E-state index is 0. The SMILES string of the molecule is CCNC(=NCc1ccc(OCCCN(C)C)cc1)NC1CC1.I. The van der Waals surface area contributed by atoms with Gasteiger partial charge in [0.25, 0.3) is 0 Å². The van der Waals surface area contributed by atoms with E-state index >= 15 is 0 Å². The van der Waals surface area contributed by atoms with Crippen LogP contribution in [-0.4, -0.2) is 50.7 Å². The minimum absolute atomic E-state index is 0. The van der Waals surface area contributed by atoms with Crippen LogP contribution < -0.4 is 15.4 Å². The molecule has 0 bridgehead atoms. The Kier molecular flexibility index (Phi) is 10.1. The van der Waals surface area contributed by atoms with Crippen molar-refractivity contribution in [2.45, 2.75) is 38.8 Å². The Morgan fingerprint density at radius 1 is 1.25 bits per heavy atom. The summed E-state index contributed by atoms with van der Waals surface area (Å²) in [6.07, 6.45) is 3.55. The van der Waals surface area contributed by atoms with Gasteiger partial charge >= 0.3 is 0 Å². The Morgan fingerprint density at radius 2 is 1.96 bits per heavy atom. The molecule has 1 fully saturated rings. The Balaban J connectivity index is 0.00000288. The van der Waals surface area contributed by atoms with Crippen LogP contribution in [0.15, 0.2) is 29.3 Å². The van der Waals surface area contributed by atoms with Gasteiger partial charge in [0, 0.05) is 19.1 Å². The molecule has 136 valence electrons. The summed E-state index contributed by atoms with van der Waals surface area (Å²) in [6.45, 7) is 5.47. The fourth-order valence-corrected chi connectivity index (χ4v) is 2.17. The zero-order chi connectivity index (χ0) is 16.5. The molecule has 0 heterocycles. The van der Waals surface area contributed by atoms with Crippen LogP contribution in [0.5, 0.6) is 5.75 Å². The third-order valence-corrected chi connectivity index (χ3v) is 3.62. The molecule has 0 aliphatic heterocycles. The summed E-state index contributed by atoms with van der Waals surface area (Å²) in [5.41, 5.74) is 1.19. The number of aliphatic imine (C=N–C) groups is 1. The van der Waals surface area contributed by atoms with E-state index in [4.69, 9.17) is 4.74 Å². The molecular formula is C18H31IN4O.